The second-order valence-corrected chi connectivity index (χ2v) is 13.5. The Balaban J connectivity index is 1.27. The predicted octanol–water partition coefficient (Wildman–Crippen LogP) is 11.6. The molecule has 0 unspecified atom stereocenters. The minimum Gasteiger partial charge on any atom is -0.307 e. The van der Waals surface area contributed by atoms with Gasteiger partial charge < -0.3 is 4.57 Å². The van der Waals surface area contributed by atoms with Crippen LogP contribution in [0.5, 0.6) is 0 Å². The molecule has 0 aliphatic rings. The zero-order chi connectivity index (χ0) is 35.6. The Bertz CT molecular complexity index is 3140. The largest absolute Gasteiger partial charge is 0.307 e. The molecule has 7 aromatic carbocycles. The number of para-hydroxylation sites is 3. The summed E-state index contributed by atoms with van der Waals surface area (Å²) in [7, 11) is 0. The fraction of sp³-hybridized carbons (Fsp3) is 0. The van der Waals surface area contributed by atoms with E-state index in [4.69, 9.17) is 19.9 Å². The van der Waals surface area contributed by atoms with E-state index in [9.17, 15) is 0 Å². The van der Waals surface area contributed by atoms with Crippen LogP contribution in [0.15, 0.2) is 182 Å². The summed E-state index contributed by atoms with van der Waals surface area (Å²) < 4.78 is 4.76. The highest BCUT2D eigenvalue weighted by Gasteiger charge is 2.23. The van der Waals surface area contributed by atoms with E-state index >= 15 is 0 Å². The number of fused-ring (bicyclic) bond motifs is 8. The van der Waals surface area contributed by atoms with Gasteiger partial charge in [0, 0.05) is 43.7 Å². The molecular formula is C48H30N6. The van der Waals surface area contributed by atoms with Crippen LogP contribution < -0.4 is 0 Å². The Labute approximate surface area is 310 Å². The molecular weight excluding hydrogens is 661 g/mol. The van der Waals surface area contributed by atoms with Crippen molar-refractivity contribution in [3.63, 3.8) is 0 Å². The van der Waals surface area contributed by atoms with Crippen molar-refractivity contribution in [2.45, 2.75) is 0 Å². The fourth-order valence-electron chi connectivity index (χ4n) is 7.95. The molecule has 4 heterocycles. The van der Waals surface area contributed by atoms with E-state index in [1.165, 1.54) is 10.8 Å². The van der Waals surface area contributed by atoms with Gasteiger partial charge in [-0.05, 0) is 35.7 Å². The smallest absolute Gasteiger partial charge is 0.182 e. The number of hydrogen-bond acceptors (Lipinski definition) is 4. The zero-order valence-corrected chi connectivity index (χ0v) is 29.0. The van der Waals surface area contributed by atoms with Crippen LogP contribution in [0.2, 0.25) is 0 Å². The Morgan fingerprint density at radius 3 is 1.41 bits per heavy atom. The average molecular weight is 691 g/mol. The Kier molecular flexibility index (Phi) is 6.75. The van der Waals surface area contributed by atoms with E-state index in [-0.39, 0.29) is 0 Å². The lowest BCUT2D eigenvalue weighted by Gasteiger charge is -2.15. The standard InChI is InChI=1S/C48H30N6/c1-4-16-31(17-5-1)45-50-46(32-18-6-2-7-19-32)52-47(51-45)40-30-33-20-10-11-23-35(33)48(49-40)54-42-27-15-13-25-37(42)39-29-28-38-36-24-12-14-26-41(36)53(43(38)44(39)54)34-21-8-3-9-22-34/h1-30H. The molecule has 0 N–H and O–H groups in total. The van der Waals surface area contributed by atoms with Crippen LogP contribution in [0.25, 0.3) is 100 Å². The molecule has 0 aliphatic carbocycles. The number of benzene rings is 7. The summed E-state index contributed by atoms with van der Waals surface area (Å²) in [6.45, 7) is 0. The SMILES string of the molecule is c1ccc(-c2nc(-c3ccccc3)nc(-c3cc4ccccc4c(-n4c5ccccc5c5ccc6c7ccccc7n(-c7ccccc7)c6c54)n3)n2)cc1. The minimum absolute atomic E-state index is 0.513. The lowest BCUT2D eigenvalue weighted by atomic mass is 10.1. The number of aromatic nitrogens is 6. The maximum Gasteiger partial charge on any atom is 0.182 e. The van der Waals surface area contributed by atoms with Crippen LogP contribution in [0, 0.1) is 0 Å². The molecule has 4 aromatic heterocycles. The van der Waals surface area contributed by atoms with E-state index < -0.39 is 0 Å². The molecule has 54 heavy (non-hydrogen) atoms. The van der Waals surface area contributed by atoms with Gasteiger partial charge in [-0.1, -0.05) is 152 Å². The number of nitrogens with zero attached hydrogens (tertiary/aromatic N) is 6. The summed E-state index contributed by atoms with van der Waals surface area (Å²) in [5, 5.41) is 6.78. The normalized spacial score (nSPS) is 11.7. The van der Waals surface area contributed by atoms with Gasteiger partial charge in [-0.2, -0.15) is 0 Å². The first-order valence-electron chi connectivity index (χ1n) is 18.1. The summed E-state index contributed by atoms with van der Waals surface area (Å²) in [5.74, 6) is 2.53. The van der Waals surface area contributed by atoms with Crippen molar-refractivity contribution in [1.29, 1.82) is 0 Å². The third kappa shape index (κ3) is 4.67. The van der Waals surface area contributed by atoms with Crippen molar-refractivity contribution >= 4 is 54.4 Å². The molecule has 252 valence electrons. The molecule has 0 fully saturated rings. The molecule has 0 spiro atoms. The topological polar surface area (TPSA) is 61.4 Å². The molecule has 0 amide bonds. The quantitative estimate of drug-likeness (QED) is 0.180. The van der Waals surface area contributed by atoms with Crippen molar-refractivity contribution in [2.75, 3.05) is 0 Å². The van der Waals surface area contributed by atoms with Crippen molar-refractivity contribution in [3.05, 3.63) is 182 Å². The molecule has 11 aromatic rings. The van der Waals surface area contributed by atoms with Gasteiger partial charge in [-0.15, -0.1) is 0 Å². The van der Waals surface area contributed by atoms with Crippen LogP contribution in [0.1, 0.15) is 0 Å². The Hall–Kier alpha value is -7.44. The predicted molar refractivity (Wildman–Crippen MR) is 220 cm³/mol. The van der Waals surface area contributed by atoms with Gasteiger partial charge in [-0.25, -0.2) is 19.9 Å². The molecule has 0 bridgehead atoms. The van der Waals surface area contributed by atoms with Crippen LogP contribution in [-0.4, -0.2) is 29.1 Å². The second kappa shape index (κ2) is 12.1. The highest BCUT2D eigenvalue weighted by molar-refractivity contribution is 6.24. The number of rotatable bonds is 5. The van der Waals surface area contributed by atoms with Crippen molar-refractivity contribution in [3.8, 4) is 45.8 Å². The highest BCUT2D eigenvalue weighted by atomic mass is 15.1. The van der Waals surface area contributed by atoms with Gasteiger partial charge in [0.1, 0.15) is 11.5 Å². The van der Waals surface area contributed by atoms with Crippen molar-refractivity contribution in [1.82, 2.24) is 29.1 Å². The maximum absolute atomic E-state index is 5.55. The van der Waals surface area contributed by atoms with Gasteiger partial charge in [0.05, 0.1) is 22.1 Å². The molecule has 0 aliphatic heterocycles. The van der Waals surface area contributed by atoms with Crippen LogP contribution in [0.3, 0.4) is 0 Å². The molecule has 0 saturated heterocycles. The van der Waals surface area contributed by atoms with Crippen LogP contribution in [-0.2, 0) is 0 Å². The van der Waals surface area contributed by atoms with E-state index in [1.54, 1.807) is 0 Å². The van der Waals surface area contributed by atoms with Gasteiger partial charge in [0.2, 0.25) is 0 Å². The summed E-state index contributed by atoms with van der Waals surface area (Å²) in [6, 6.07) is 63.2. The van der Waals surface area contributed by atoms with E-state index in [0.29, 0.717) is 23.2 Å². The summed E-state index contributed by atoms with van der Waals surface area (Å²) in [5.41, 5.74) is 8.05. The van der Waals surface area contributed by atoms with E-state index in [0.717, 1.165) is 66.2 Å². The lowest BCUT2D eigenvalue weighted by molar-refractivity contribution is 1.04. The molecule has 0 saturated carbocycles. The summed E-state index contributed by atoms with van der Waals surface area (Å²) in [4.78, 5) is 20.7. The highest BCUT2D eigenvalue weighted by Crippen LogP contribution is 2.42. The summed E-state index contributed by atoms with van der Waals surface area (Å²) >= 11 is 0. The molecule has 6 heteroatoms. The van der Waals surface area contributed by atoms with E-state index in [1.807, 2.05) is 60.7 Å². The first-order chi connectivity index (χ1) is 26.8. The van der Waals surface area contributed by atoms with Crippen LogP contribution in [0.4, 0.5) is 0 Å². The van der Waals surface area contributed by atoms with Crippen molar-refractivity contribution < 1.29 is 0 Å². The summed E-state index contributed by atoms with van der Waals surface area (Å²) in [6.07, 6.45) is 0. The molecule has 6 nitrogen and oxygen atoms in total. The first kappa shape index (κ1) is 30.2. The number of hydrogen-bond donors (Lipinski definition) is 0. The lowest BCUT2D eigenvalue weighted by Crippen LogP contribution is -2.05. The van der Waals surface area contributed by atoms with Gasteiger partial charge in [0.15, 0.2) is 17.5 Å². The monoisotopic (exact) mass is 690 g/mol. The average Bonchev–Trinajstić information content (AvgIpc) is 3.77. The van der Waals surface area contributed by atoms with Crippen LogP contribution >= 0.6 is 0 Å². The van der Waals surface area contributed by atoms with E-state index in [2.05, 4.69) is 130 Å². The fourth-order valence-corrected chi connectivity index (χ4v) is 7.95. The molecule has 0 atom stereocenters. The maximum atomic E-state index is 5.55. The Morgan fingerprint density at radius 1 is 0.333 bits per heavy atom. The third-order valence-electron chi connectivity index (χ3n) is 10.3. The van der Waals surface area contributed by atoms with Gasteiger partial charge in [0.25, 0.3) is 0 Å². The Morgan fingerprint density at radius 2 is 0.796 bits per heavy atom. The number of pyridine rings is 1. The second-order valence-electron chi connectivity index (χ2n) is 13.5. The van der Waals surface area contributed by atoms with Crippen molar-refractivity contribution in [2.24, 2.45) is 0 Å². The third-order valence-corrected chi connectivity index (χ3v) is 10.3. The zero-order valence-electron chi connectivity index (χ0n) is 29.0. The van der Waals surface area contributed by atoms with Gasteiger partial charge >= 0.3 is 0 Å². The minimum atomic E-state index is 0.513. The van der Waals surface area contributed by atoms with Gasteiger partial charge in [-0.3, -0.25) is 4.57 Å². The first-order valence-corrected chi connectivity index (χ1v) is 18.1. The molecule has 11 rings (SSSR count). The molecule has 0 radical (unpaired) electrons.